The molecule has 0 unspecified atom stereocenters. The highest BCUT2D eigenvalue weighted by molar-refractivity contribution is 7.20. The summed E-state index contributed by atoms with van der Waals surface area (Å²) in [7, 11) is -2.78. The van der Waals surface area contributed by atoms with Crippen LogP contribution in [0, 0.1) is 0 Å². The Balaban J connectivity index is 1.18. The molecule has 12 aromatic rings. The number of fused-ring (bicyclic) bond motifs is 6. The van der Waals surface area contributed by atoms with Crippen molar-refractivity contribution in [2.75, 3.05) is 0 Å². The second-order valence-electron chi connectivity index (χ2n) is 16.4. The van der Waals surface area contributed by atoms with E-state index in [2.05, 4.69) is 264 Å². The molecule has 296 valence electrons. The van der Waals surface area contributed by atoms with E-state index in [1.807, 2.05) is 0 Å². The molecule has 2 heterocycles. The number of hydrogen-bond acceptors (Lipinski definition) is 0. The molecule has 0 saturated heterocycles. The topological polar surface area (TPSA) is 9.86 Å². The van der Waals surface area contributed by atoms with Crippen LogP contribution in [0.1, 0.15) is 0 Å². The first-order valence-electron chi connectivity index (χ1n) is 21.8. The first-order valence-corrected chi connectivity index (χ1v) is 23.8. The van der Waals surface area contributed by atoms with Crippen LogP contribution in [0.4, 0.5) is 0 Å². The first-order chi connectivity index (χ1) is 31.3. The zero-order chi connectivity index (χ0) is 41.7. The summed E-state index contributed by atoms with van der Waals surface area (Å²) in [6.07, 6.45) is 0. The number of para-hydroxylation sites is 3. The van der Waals surface area contributed by atoms with Gasteiger partial charge in [0.25, 0.3) is 0 Å². The Hall–Kier alpha value is -7.98. The van der Waals surface area contributed by atoms with Gasteiger partial charge in [0, 0.05) is 27.1 Å². The molecular weight excluding hydrogens is 777 g/mol. The van der Waals surface area contributed by atoms with Gasteiger partial charge >= 0.3 is 0 Å². The van der Waals surface area contributed by atoms with Crippen LogP contribution in [0.3, 0.4) is 0 Å². The normalized spacial score (nSPS) is 11.8. The van der Waals surface area contributed by atoms with Crippen molar-refractivity contribution >= 4 is 72.4 Å². The van der Waals surface area contributed by atoms with Crippen molar-refractivity contribution in [2.24, 2.45) is 0 Å². The van der Waals surface area contributed by atoms with E-state index in [0.717, 1.165) is 11.4 Å². The van der Waals surface area contributed by atoms with Crippen molar-refractivity contribution in [2.45, 2.75) is 0 Å². The van der Waals surface area contributed by atoms with Gasteiger partial charge in [0.1, 0.15) is 0 Å². The van der Waals surface area contributed by atoms with Gasteiger partial charge in [-0.05, 0) is 67.8 Å². The smallest absolute Gasteiger partial charge is 0.179 e. The van der Waals surface area contributed by atoms with Gasteiger partial charge in [0.05, 0.1) is 33.4 Å². The molecule has 0 saturated carbocycles. The van der Waals surface area contributed by atoms with Gasteiger partial charge in [-0.1, -0.05) is 224 Å². The van der Waals surface area contributed by atoms with Crippen LogP contribution in [0.5, 0.6) is 0 Å². The van der Waals surface area contributed by atoms with Crippen LogP contribution in [-0.4, -0.2) is 17.2 Å². The van der Waals surface area contributed by atoms with Gasteiger partial charge in [0.15, 0.2) is 8.07 Å². The fourth-order valence-corrected chi connectivity index (χ4v) is 15.2. The molecule has 0 aliphatic carbocycles. The van der Waals surface area contributed by atoms with Gasteiger partial charge in [0.2, 0.25) is 0 Å². The molecule has 10 aromatic carbocycles. The van der Waals surface area contributed by atoms with Crippen molar-refractivity contribution < 1.29 is 0 Å². The van der Waals surface area contributed by atoms with Crippen molar-refractivity contribution in [3.8, 4) is 33.6 Å². The number of nitrogens with zero attached hydrogens (tertiary/aromatic N) is 2. The van der Waals surface area contributed by atoms with E-state index in [1.165, 1.54) is 86.6 Å². The molecule has 2 nitrogen and oxygen atoms in total. The molecule has 0 atom stereocenters. The molecule has 0 amide bonds. The third kappa shape index (κ3) is 5.78. The zero-order valence-electron chi connectivity index (χ0n) is 34.6. The van der Waals surface area contributed by atoms with Gasteiger partial charge < -0.3 is 9.13 Å². The minimum atomic E-state index is -2.78. The third-order valence-corrected chi connectivity index (χ3v) is 17.8. The van der Waals surface area contributed by atoms with Crippen molar-refractivity contribution in [3.63, 3.8) is 0 Å². The van der Waals surface area contributed by atoms with Crippen LogP contribution in [-0.2, 0) is 0 Å². The fourth-order valence-electron chi connectivity index (χ4n) is 10.5. The van der Waals surface area contributed by atoms with E-state index in [1.54, 1.807) is 0 Å². The summed E-state index contributed by atoms with van der Waals surface area (Å²) in [4.78, 5) is 0. The largest absolute Gasteiger partial charge is 0.307 e. The maximum absolute atomic E-state index is 2.78. The van der Waals surface area contributed by atoms with Gasteiger partial charge in [-0.3, -0.25) is 0 Å². The Morgan fingerprint density at radius 2 is 0.714 bits per heavy atom. The third-order valence-electron chi connectivity index (χ3n) is 13.1. The molecule has 63 heavy (non-hydrogen) atoms. The van der Waals surface area contributed by atoms with Crippen LogP contribution in [0.25, 0.3) is 77.2 Å². The van der Waals surface area contributed by atoms with E-state index >= 15 is 0 Å². The SMILES string of the molecule is c1ccc(-c2cccc(-n3c4ccccc4c4cccc(-n5c6ccccc6c6cc([Si](c7ccccc7)(c7ccccc7)c7ccccc7)ccc65)c43)c2-c2ccccc2)cc1. The summed E-state index contributed by atoms with van der Waals surface area (Å²) in [5.41, 5.74) is 11.8. The maximum atomic E-state index is 2.53. The lowest BCUT2D eigenvalue weighted by Gasteiger charge is -2.34. The molecule has 12 rings (SSSR count). The Kier molecular flexibility index (Phi) is 8.87. The molecule has 0 bridgehead atoms. The van der Waals surface area contributed by atoms with E-state index in [4.69, 9.17) is 0 Å². The Morgan fingerprint density at radius 3 is 1.32 bits per heavy atom. The Morgan fingerprint density at radius 1 is 0.270 bits per heavy atom. The Labute approximate surface area is 368 Å². The number of rotatable bonds is 8. The second kappa shape index (κ2) is 15.2. The van der Waals surface area contributed by atoms with E-state index in [0.29, 0.717) is 0 Å². The van der Waals surface area contributed by atoms with Crippen LogP contribution >= 0.6 is 0 Å². The standard InChI is InChI=1S/C60H42N2Si/c1-6-22-43(23-7-1)49-34-20-38-57(59(49)44-24-8-2-9-25-44)62-55-37-19-16-32-50(55)52-35-21-39-58(60(52)62)61-54-36-18-17-33-51(54)53-42-48(40-41-56(53)61)63(45-26-10-3-11-27-45,46-28-12-4-13-29-46)47-30-14-5-15-31-47/h1-42H. The summed E-state index contributed by atoms with van der Waals surface area (Å²) in [5.74, 6) is 0. The molecule has 2 aromatic heterocycles. The lowest BCUT2D eigenvalue weighted by molar-refractivity contribution is 1.13. The number of benzene rings is 10. The predicted octanol–water partition coefficient (Wildman–Crippen LogP) is 12.6. The number of aromatic nitrogens is 2. The van der Waals surface area contributed by atoms with E-state index < -0.39 is 8.07 Å². The first kappa shape index (κ1) is 36.8. The molecule has 0 N–H and O–H groups in total. The molecular formula is C60H42N2Si. The van der Waals surface area contributed by atoms with Gasteiger partial charge in [-0.2, -0.15) is 0 Å². The average molecular weight is 819 g/mol. The molecule has 3 heteroatoms. The average Bonchev–Trinajstić information content (AvgIpc) is 3.88. The highest BCUT2D eigenvalue weighted by atomic mass is 28.3. The fraction of sp³-hybridized carbons (Fsp3) is 0. The Bertz CT molecular complexity index is 3500. The van der Waals surface area contributed by atoms with E-state index in [-0.39, 0.29) is 0 Å². The molecule has 0 fully saturated rings. The minimum Gasteiger partial charge on any atom is -0.307 e. The van der Waals surface area contributed by atoms with E-state index in [9.17, 15) is 0 Å². The highest BCUT2D eigenvalue weighted by Gasteiger charge is 2.41. The predicted molar refractivity (Wildman–Crippen MR) is 270 cm³/mol. The summed E-state index contributed by atoms with van der Waals surface area (Å²) in [6, 6.07) is 94.2. The molecule has 0 aliphatic rings. The van der Waals surface area contributed by atoms with Crippen LogP contribution in [0.2, 0.25) is 0 Å². The summed E-state index contributed by atoms with van der Waals surface area (Å²) in [5, 5.41) is 10.4. The van der Waals surface area contributed by atoms with Gasteiger partial charge in [-0.15, -0.1) is 0 Å². The monoisotopic (exact) mass is 818 g/mol. The number of hydrogen-bond donors (Lipinski definition) is 0. The summed E-state index contributed by atoms with van der Waals surface area (Å²) in [6.45, 7) is 0. The van der Waals surface area contributed by atoms with Gasteiger partial charge in [-0.25, -0.2) is 0 Å². The van der Waals surface area contributed by atoms with Crippen molar-refractivity contribution in [3.05, 3.63) is 255 Å². The van der Waals surface area contributed by atoms with Crippen LogP contribution in [0.15, 0.2) is 255 Å². The zero-order valence-corrected chi connectivity index (χ0v) is 35.6. The maximum Gasteiger partial charge on any atom is 0.179 e. The minimum absolute atomic E-state index is 1.14. The molecule has 0 radical (unpaired) electrons. The second-order valence-corrected chi connectivity index (χ2v) is 20.2. The van der Waals surface area contributed by atoms with Crippen molar-refractivity contribution in [1.29, 1.82) is 0 Å². The summed E-state index contributed by atoms with van der Waals surface area (Å²) >= 11 is 0. The van der Waals surface area contributed by atoms with Crippen LogP contribution < -0.4 is 20.7 Å². The van der Waals surface area contributed by atoms with Crippen molar-refractivity contribution in [1.82, 2.24) is 9.13 Å². The molecule has 0 aliphatic heterocycles. The lowest BCUT2D eigenvalue weighted by Crippen LogP contribution is -2.74. The quantitative estimate of drug-likeness (QED) is 0.107. The lowest BCUT2D eigenvalue weighted by atomic mass is 9.93. The molecule has 0 spiro atoms. The highest BCUT2D eigenvalue weighted by Crippen LogP contribution is 2.44. The summed E-state index contributed by atoms with van der Waals surface area (Å²) < 4.78 is 5.05.